The van der Waals surface area contributed by atoms with E-state index in [4.69, 9.17) is 0 Å². The largest absolute Gasteiger partial charge is 0.144 e. The van der Waals surface area contributed by atoms with E-state index in [2.05, 4.69) is 56.7 Å². The summed E-state index contributed by atoms with van der Waals surface area (Å²) in [5, 5.41) is 8.48. The molecule has 0 atom stereocenters. The van der Waals surface area contributed by atoms with Crippen LogP contribution in [-0.2, 0) is 0 Å². The van der Waals surface area contributed by atoms with Gasteiger partial charge in [-0.25, -0.2) is 0 Å². The Balaban J connectivity index is 2.03. The summed E-state index contributed by atoms with van der Waals surface area (Å²) in [6.45, 7) is 0. The van der Waals surface area contributed by atoms with Crippen LogP contribution < -0.4 is 0 Å². The van der Waals surface area contributed by atoms with Crippen molar-refractivity contribution in [2.75, 3.05) is 0 Å². The lowest BCUT2D eigenvalue weighted by Gasteiger charge is -2.03. The van der Waals surface area contributed by atoms with E-state index in [0.29, 0.717) is 0 Å². The second kappa shape index (κ2) is 4.52. The molecule has 4 rings (SSSR count). The van der Waals surface area contributed by atoms with Crippen molar-refractivity contribution in [2.45, 2.75) is 0 Å². The molecular weight excluding hydrogens is 292 g/mol. The minimum Gasteiger partial charge on any atom is -0.144 e. The van der Waals surface area contributed by atoms with Gasteiger partial charge in [0.2, 0.25) is 0 Å². The van der Waals surface area contributed by atoms with Crippen molar-refractivity contribution in [3.63, 3.8) is 0 Å². The first-order valence-electron chi connectivity index (χ1n) is 5.76. The van der Waals surface area contributed by atoms with Crippen LogP contribution in [0.4, 0.5) is 0 Å². The van der Waals surface area contributed by atoms with Gasteiger partial charge in [0.05, 0.1) is 4.70 Å². The zero-order chi connectivity index (χ0) is 12.7. The second-order valence-electron chi connectivity index (χ2n) is 4.10. The molecule has 92 valence electrons. The topological polar surface area (TPSA) is 25.8 Å². The van der Waals surface area contributed by atoms with Crippen LogP contribution in [0.5, 0.6) is 0 Å². The molecule has 0 aliphatic carbocycles. The lowest BCUT2D eigenvalue weighted by atomic mass is 10.1. The van der Waals surface area contributed by atoms with Gasteiger partial charge in [-0.05, 0) is 52.1 Å². The van der Waals surface area contributed by atoms with E-state index >= 15 is 0 Å². The fourth-order valence-corrected chi connectivity index (χ4v) is 4.18. The highest BCUT2D eigenvalue weighted by molar-refractivity contribution is 7.15. The molecular formula is C14H8N2S3. The second-order valence-corrected chi connectivity index (χ2v) is 6.78. The molecule has 0 N–H and O–H groups in total. The first kappa shape index (κ1) is 11.3. The highest BCUT2D eigenvalue weighted by atomic mass is 32.1. The minimum atomic E-state index is 1.01. The molecule has 0 saturated heterocycles. The number of fused-ring (bicyclic) bond motifs is 1. The Labute approximate surface area is 122 Å². The third kappa shape index (κ3) is 1.90. The molecule has 0 aliphatic rings. The van der Waals surface area contributed by atoms with Crippen LogP contribution >= 0.6 is 34.2 Å². The number of thiophene rings is 2. The molecule has 0 aliphatic heterocycles. The van der Waals surface area contributed by atoms with Gasteiger partial charge >= 0.3 is 0 Å². The van der Waals surface area contributed by atoms with Gasteiger partial charge in [0, 0.05) is 15.3 Å². The molecule has 0 amide bonds. The predicted molar refractivity (Wildman–Crippen MR) is 84.0 cm³/mol. The molecule has 0 saturated carbocycles. The Hall–Kier alpha value is -1.56. The smallest absolute Gasteiger partial charge is 0.114 e. The third-order valence-corrected chi connectivity index (χ3v) is 5.44. The molecule has 0 fully saturated rings. The normalized spacial score (nSPS) is 11.2. The Bertz CT molecular complexity index is 814. The van der Waals surface area contributed by atoms with Gasteiger partial charge in [0.1, 0.15) is 5.52 Å². The maximum absolute atomic E-state index is 4.28. The molecule has 0 spiro atoms. The van der Waals surface area contributed by atoms with Crippen molar-refractivity contribution in [1.82, 2.24) is 9.59 Å². The van der Waals surface area contributed by atoms with Gasteiger partial charge in [0.25, 0.3) is 0 Å². The van der Waals surface area contributed by atoms with Crippen LogP contribution in [0.15, 0.2) is 47.2 Å². The van der Waals surface area contributed by atoms with E-state index in [1.807, 2.05) is 0 Å². The Morgan fingerprint density at radius 2 is 1.68 bits per heavy atom. The van der Waals surface area contributed by atoms with Crippen LogP contribution in [0.3, 0.4) is 0 Å². The summed E-state index contributed by atoms with van der Waals surface area (Å²) >= 11 is 4.96. The van der Waals surface area contributed by atoms with E-state index < -0.39 is 0 Å². The number of aromatic nitrogens is 2. The van der Waals surface area contributed by atoms with E-state index in [9.17, 15) is 0 Å². The summed E-state index contributed by atoms with van der Waals surface area (Å²) in [4.78, 5) is 2.53. The molecule has 3 aromatic heterocycles. The zero-order valence-electron chi connectivity index (χ0n) is 9.74. The lowest BCUT2D eigenvalue weighted by Crippen LogP contribution is -1.80. The number of hydrogen-bond donors (Lipinski definition) is 0. The molecule has 3 heterocycles. The van der Waals surface area contributed by atoms with Crippen LogP contribution in [-0.4, -0.2) is 9.59 Å². The van der Waals surface area contributed by atoms with Crippen LogP contribution in [0.25, 0.3) is 31.1 Å². The van der Waals surface area contributed by atoms with E-state index in [-0.39, 0.29) is 0 Å². The maximum atomic E-state index is 4.28. The average Bonchev–Trinajstić information content (AvgIpc) is 3.18. The van der Waals surface area contributed by atoms with Crippen molar-refractivity contribution in [1.29, 1.82) is 0 Å². The van der Waals surface area contributed by atoms with E-state index in [1.165, 1.54) is 32.4 Å². The summed E-state index contributed by atoms with van der Waals surface area (Å²) in [5.74, 6) is 0. The average molecular weight is 300 g/mol. The van der Waals surface area contributed by atoms with Crippen LogP contribution in [0.1, 0.15) is 0 Å². The maximum Gasteiger partial charge on any atom is 0.114 e. The fraction of sp³-hybridized carbons (Fsp3) is 0. The van der Waals surface area contributed by atoms with Gasteiger partial charge in [-0.2, -0.15) is 0 Å². The molecule has 0 unspecified atom stereocenters. The van der Waals surface area contributed by atoms with Crippen molar-refractivity contribution >= 4 is 44.4 Å². The SMILES string of the molecule is c1csc(-c2cc(-c3cccs3)c3nnsc3c2)c1. The monoisotopic (exact) mass is 300 g/mol. The molecule has 0 radical (unpaired) electrons. The number of rotatable bonds is 2. The summed E-state index contributed by atoms with van der Waals surface area (Å²) in [5.41, 5.74) is 3.44. The Morgan fingerprint density at radius 3 is 2.42 bits per heavy atom. The molecule has 2 nitrogen and oxygen atoms in total. The molecule has 1 aromatic carbocycles. The van der Waals surface area contributed by atoms with Gasteiger partial charge in [-0.15, -0.1) is 27.8 Å². The molecule has 5 heteroatoms. The number of benzene rings is 1. The Kier molecular flexibility index (Phi) is 2.69. The summed E-state index contributed by atoms with van der Waals surface area (Å²) in [6, 6.07) is 12.9. The Morgan fingerprint density at radius 1 is 0.895 bits per heavy atom. The van der Waals surface area contributed by atoms with Crippen molar-refractivity contribution in [2.24, 2.45) is 0 Å². The quantitative estimate of drug-likeness (QED) is 0.512. The summed E-state index contributed by atoms with van der Waals surface area (Å²) in [6.07, 6.45) is 0. The molecule has 0 bridgehead atoms. The van der Waals surface area contributed by atoms with Crippen LogP contribution in [0, 0.1) is 0 Å². The van der Waals surface area contributed by atoms with E-state index in [0.717, 1.165) is 10.2 Å². The highest BCUT2D eigenvalue weighted by Crippen LogP contribution is 2.37. The molecule has 4 aromatic rings. The lowest BCUT2D eigenvalue weighted by molar-refractivity contribution is 1.20. The van der Waals surface area contributed by atoms with Crippen molar-refractivity contribution in [3.05, 3.63) is 47.2 Å². The van der Waals surface area contributed by atoms with Gasteiger partial charge in [-0.1, -0.05) is 16.6 Å². The van der Waals surface area contributed by atoms with Gasteiger partial charge in [0.15, 0.2) is 0 Å². The molecule has 19 heavy (non-hydrogen) atoms. The van der Waals surface area contributed by atoms with Crippen molar-refractivity contribution < 1.29 is 0 Å². The third-order valence-electron chi connectivity index (χ3n) is 2.95. The number of nitrogens with zero attached hydrogens (tertiary/aromatic N) is 2. The minimum absolute atomic E-state index is 1.01. The highest BCUT2D eigenvalue weighted by Gasteiger charge is 2.12. The van der Waals surface area contributed by atoms with Gasteiger partial charge in [-0.3, -0.25) is 0 Å². The van der Waals surface area contributed by atoms with Crippen LogP contribution in [0.2, 0.25) is 0 Å². The summed E-state index contributed by atoms with van der Waals surface area (Å²) < 4.78 is 5.24. The fourth-order valence-electron chi connectivity index (χ4n) is 2.09. The number of hydrogen-bond acceptors (Lipinski definition) is 5. The van der Waals surface area contributed by atoms with E-state index in [1.54, 1.807) is 22.7 Å². The predicted octanol–water partition coefficient (Wildman–Crippen LogP) is 5.15. The standard InChI is InChI=1S/C14H8N2S3/c1-3-11(17-5-1)9-7-10(12-4-2-6-18-12)14-13(8-9)19-16-15-14/h1-8H. The first-order valence-corrected chi connectivity index (χ1v) is 8.29. The first-order chi connectivity index (χ1) is 9.42. The zero-order valence-corrected chi connectivity index (χ0v) is 12.2. The summed E-state index contributed by atoms with van der Waals surface area (Å²) in [7, 11) is 0. The van der Waals surface area contributed by atoms with Crippen molar-refractivity contribution in [3.8, 4) is 20.9 Å². The van der Waals surface area contributed by atoms with Gasteiger partial charge < -0.3 is 0 Å².